The van der Waals surface area contributed by atoms with Crippen molar-refractivity contribution in [2.45, 2.75) is 6.42 Å². The number of aromatic hydroxyl groups is 1. The number of carbonyl (C=O) groups excluding carboxylic acids is 1. The predicted octanol–water partition coefficient (Wildman–Crippen LogP) is 5.69. The second kappa shape index (κ2) is 10.7. The third-order valence-electron chi connectivity index (χ3n) is 5.28. The van der Waals surface area contributed by atoms with E-state index in [1.807, 2.05) is 30.3 Å². The number of methoxy groups -OCH3 is 2. The monoisotopic (exact) mass is 512 g/mol. The SMILES string of the molecule is COc1ccc(CCNC(=O)Nc2cnc3ccc(-c4cc(Cl)c(O)c(Cl)c4)cc3n2)cc1OC. The van der Waals surface area contributed by atoms with Crippen molar-refractivity contribution in [1.82, 2.24) is 15.3 Å². The first-order valence-corrected chi connectivity index (χ1v) is 11.3. The maximum atomic E-state index is 12.4. The number of anilines is 1. The number of carbonyl (C=O) groups is 1. The molecule has 3 N–H and O–H groups in total. The van der Waals surface area contributed by atoms with Gasteiger partial charge in [0.2, 0.25) is 0 Å². The van der Waals surface area contributed by atoms with Gasteiger partial charge in [-0.05, 0) is 59.5 Å². The summed E-state index contributed by atoms with van der Waals surface area (Å²) in [5.41, 5.74) is 3.73. The summed E-state index contributed by atoms with van der Waals surface area (Å²) < 4.78 is 10.5. The minimum atomic E-state index is -0.396. The Bertz CT molecular complexity index is 1370. The molecule has 35 heavy (non-hydrogen) atoms. The van der Waals surface area contributed by atoms with Gasteiger partial charge in [0, 0.05) is 6.54 Å². The van der Waals surface area contributed by atoms with Gasteiger partial charge in [-0.2, -0.15) is 0 Å². The van der Waals surface area contributed by atoms with Crippen LogP contribution in [0, 0.1) is 0 Å². The van der Waals surface area contributed by atoms with Gasteiger partial charge in [0.05, 0.1) is 41.5 Å². The molecule has 4 aromatic rings. The lowest BCUT2D eigenvalue weighted by atomic mass is 10.0. The van der Waals surface area contributed by atoms with Gasteiger partial charge in [0.15, 0.2) is 23.1 Å². The average Bonchev–Trinajstić information content (AvgIpc) is 2.86. The molecule has 0 spiro atoms. The molecule has 0 bridgehead atoms. The molecule has 0 aliphatic heterocycles. The van der Waals surface area contributed by atoms with Crippen molar-refractivity contribution < 1.29 is 19.4 Å². The first-order chi connectivity index (χ1) is 16.9. The first-order valence-electron chi connectivity index (χ1n) is 10.6. The van der Waals surface area contributed by atoms with Crippen LogP contribution < -0.4 is 20.1 Å². The predicted molar refractivity (Wildman–Crippen MR) is 137 cm³/mol. The van der Waals surface area contributed by atoms with Gasteiger partial charge < -0.3 is 19.9 Å². The number of benzene rings is 3. The molecule has 0 atom stereocenters. The van der Waals surface area contributed by atoms with E-state index in [0.29, 0.717) is 46.9 Å². The number of hydrogen-bond acceptors (Lipinski definition) is 6. The molecule has 1 aromatic heterocycles. The number of hydrogen-bond donors (Lipinski definition) is 3. The lowest BCUT2D eigenvalue weighted by Gasteiger charge is -2.11. The number of halogens is 2. The van der Waals surface area contributed by atoms with Crippen LogP contribution in [0.4, 0.5) is 10.6 Å². The summed E-state index contributed by atoms with van der Waals surface area (Å²) in [7, 11) is 3.16. The summed E-state index contributed by atoms with van der Waals surface area (Å²) in [5, 5.41) is 15.6. The number of phenolic OH excluding ortho intramolecular Hbond substituents is 1. The van der Waals surface area contributed by atoms with Gasteiger partial charge in [-0.15, -0.1) is 0 Å². The van der Waals surface area contributed by atoms with E-state index in [2.05, 4.69) is 20.6 Å². The number of fused-ring (bicyclic) bond motifs is 1. The molecule has 1 heterocycles. The van der Waals surface area contributed by atoms with E-state index in [-0.39, 0.29) is 15.8 Å². The van der Waals surface area contributed by atoms with Gasteiger partial charge >= 0.3 is 6.03 Å². The Kier molecular flexibility index (Phi) is 7.43. The molecule has 0 fully saturated rings. The van der Waals surface area contributed by atoms with Crippen LogP contribution >= 0.6 is 23.2 Å². The number of aromatic nitrogens is 2. The Balaban J connectivity index is 1.42. The molecule has 10 heteroatoms. The highest BCUT2D eigenvalue weighted by Gasteiger charge is 2.11. The van der Waals surface area contributed by atoms with Crippen LogP contribution in [0.5, 0.6) is 17.2 Å². The van der Waals surface area contributed by atoms with Crippen LogP contribution in [0.1, 0.15) is 5.56 Å². The molecule has 4 rings (SSSR count). The summed E-state index contributed by atoms with van der Waals surface area (Å²) in [4.78, 5) is 21.2. The molecule has 8 nitrogen and oxygen atoms in total. The van der Waals surface area contributed by atoms with E-state index in [4.69, 9.17) is 32.7 Å². The van der Waals surface area contributed by atoms with Crippen LogP contribution in [0.25, 0.3) is 22.2 Å². The van der Waals surface area contributed by atoms with Crippen LogP contribution in [0.15, 0.2) is 54.7 Å². The lowest BCUT2D eigenvalue weighted by Crippen LogP contribution is -2.30. The first kappa shape index (κ1) is 24.4. The summed E-state index contributed by atoms with van der Waals surface area (Å²) in [6, 6.07) is 13.9. The van der Waals surface area contributed by atoms with E-state index in [9.17, 15) is 9.90 Å². The maximum absolute atomic E-state index is 12.4. The van der Waals surface area contributed by atoms with E-state index in [0.717, 1.165) is 11.1 Å². The maximum Gasteiger partial charge on any atom is 0.320 e. The number of amides is 2. The summed E-state index contributed by atoms with van der Waals surface area (Å²) in [6.07, 6.45) is 2.10. The molecular formula is C25H22Cl2N4O4. The Labute approximate surface area is 211 Å². The Morgan fingerprint density at radius 1 is 0.943 bits per heavy atom. The molecule has 0 saturated heterocycles. The number of nitrogens with zero attached hydrogens (tertiary/aromatic N) is 2. The van der Waals surface area contributed by atoms with E-state index >= 15 is 0 Å². The fourth-order valence-electron chi connectivity index (χ4n) is 3.50. The van der Waals surface area contributed by atoms with Crippen LogP contribution in [-0.2, 0) is 6.42 Å². The highest BCUT2D eigenvalue weighted by atomic mass is 35.5. The van der Waals surface area contributed by atoms with Crippen LogP contribution in [-0.4, -0.2) is 41.9 Å². The normalized spacial score (nSPS) is 10.7. The minimum Gasteiger partial charge on any atom is -0.505 e. The van der Waals surface area contributed by atoms with E-state index < -0.39 is 6.03 Å². The number of nitrogens with one attached hydrogen (secondary N) is 2. The van der Waals surface area contributed by atoms with E-state index in [1.165, 1.54) is 6.20 Å². The molecule has 0 radical (unpaired) electrons. The number of phenols is 1. The quantitative estimate of drug-likeness (QED) is 0.293. The zero-order chi connectivity index (χ0) is 24.9. The molecule has 0 aliphatic rings. The zero-order valence-corrected chi connectivity index (χ0v) is 20.4. The summed E-state index contributed by atoms with van der Waals surface area (Å²) >= 11 is 12.1. The van der Waals surface area contributed by atoms with Crippen molar-refractivity contribution in [2.75, 3.05) is 26.1 Å². The van der Waals surface area contributed by atoms with Crippen LogP contribution in [0.2, 0.25) is 10.0 Å². The third-order valence-corrected chi connectivity index (χ3v) is 5.86. The fourth-order valence-corrected chi connectivity index (χ4v) is 3.99. The van der Waals surface area contributed by atoms with Gasteiger partial charge in [0.1, 0.15) is 0 Å². The zero-order valence-electron chi connectivity index (χ0n) is 18.9. The molecule has 0 aliphatic carbocycles. The highest BCUT2D eigenvalue weighted by Crippen LogP contribution is 2.37. The topological polar surface area (TPSA) is 106 Å². The largest absolute Gasteiger partial charge is 0.505 e. The summed E-state index contributed by atoms with van der Waals surface area (Å²) in [5.74, 6) is 1.43. The van der Waals surface area contributed by atoms with Crippen molar-refractivity contribution >= 4 is 46.1 Å². The van der Waals surface area contributed by atoms with E-state index in [1.54, 1.807) is 32.4 Å². The second-order valence-corrected chi connectivity index (χ2v) is 8.38. The molecule has 0 unspecified atom stereocenters. The molecule has 0 saturated carbocycles. The molecule has 2 amide bonds. The average molecular weight is 513 g/mol. The molecular weight excluding hydrogens is 491 g/mol. The minimum absolute atomic E-state index is 0.152. The number of rotatable bonds is 7. The van der Waals surface area contributed by atoms with Crippen molar-refractivity contribution in [3.63, 3.8) is 0 Å². The standard InChI is InChI=1S/C25H22Cl2N4O4/c1-34-21-6-3-14(9-22(21)35-2)7-8-28-25(33)31-23-13-29-19-5-4-15(12-20(19)30-23)16-10-17(26)24(32)18(27)11-16/h3-6,9-13,32H,7-8H2,1-2H3,(H2,28,30,31,33). The highest BCUT2D eigenvalue weighted by molar-refractivity contribution is 6.37. The third kappa shape index (κ3) is 5.67. The number of ether oxygens (including phenoxy) is 2. The fraction of sp³-hybridized carbons (Fsp3) is 0.160. The lowest BCUT2D eigenvalue weighted by molar-refractivity contribution is 0.252. The van der Waals surface area contributed by atoms with Gasteiger partial charge in [-0.3, -0.25) is 10.3 Å². The summed E-state index contributed by atoms with van der Waals surface area (Å²) in [6.45, 7) is 0.412. The van der Waals surface area contributed by atoms with Crippen molar-refractivity contribution in [3.8, 4) is 28.4 Å². The molecule has 3 aromatic carbocycles. The van der Waals surface area contributed by atoms with Crippen molar-refractivity contribution in [3.05, 3.63) is 70.3 Å². The van der Waals surface area contributed by atoms with Gasteiger partial charge in [0.25, 0.3) is 0 Å². The van der Waals surface area contributed by atoms with Gasteiger partial charge in [-0.1, -0.05) is 35.3 Å². The smallest absolute Gasteiger partial charge is 0.320 e. The molecule has 180 valence electrons. The Hall–Kier alpha value is -3.75. The second-order valence-electron chi connectivity index (χ2n) is 7.57. The Morgan fingerprint density at radius 2 is 1.69 bits per heavy atom. The van der Waals surface area contributed by atoms with Crippen molar-refractivity contribution in [1.29, 1.82) is 0 Å². The van der Waals surface area contributed by atoms with Crippen LogP contribution in [0.3, 0.4) is 0 Å². The van der Waals surface area contributed by atoms with Crippen molar-refractivity contribution in [2.24, 2.45) is 0 Å². The number of urea groups is 1. The Morgan fingerprint density at radius 3 is 2.40 bits per heavy atom. The van der Waals surface area contributed by atoms with Gasteiger partial charge in [-0.25, -0.2) is 9.78 Å².